The molecule has 0 saturated heterocycles. The lowest BCUT2D eigenvalue weighted by Crippen LogP contribution is -2.17. The van der Waals surface area contributed by atoms with Gasteiger partial charge in [0.1, 0.15) is 10.8 Å². The van der Waals surface area contributed by atoms with Crippen molar-refractivity contribution in [2.24, 2.45) is 10.9 Å². The Morgan fingerprint density at radius 2 is 1.34 bits per heavy atom. The summed E-state index contributed by atoms with van der Waals surface area (Å²) in [6, 6.07) is 39.6. The molecule has 0 spiro atoms. The lowest BCUT2D eigenvalue weighted by Gasteiger charge is -2.27. The van der Waals surface area contributed by atoms with Crippen LogP contribution in [0.25, 0.3) is 53.8 Å². The standard InChI is InChI=1S/C52H56N2OS/c1-32(2)25-33-15-14-17-37(26-33)34-19-21-36(22-20-34)43-28-40(51(6,7)8)30-45-47(43)54-49(56-45)42-24-23-35-16-12-13-18-41(35)46(42)53-31-38-27-39(50(3,4)5)29-44(48(38)55)52(9,10)11/h12-24,26-32,55H,25H2,1-11H3. The molecule has 0 aliphatic heterocycles. The summed E-state index contributed by atoms with van der Waals surface area (Å²) in [6.45, 7) is 24.4. The van der Waals surface area contributed by atoms with Gasteiger partial charge in [-0.2, -0.15) is 0 Å². The molecule has 0 bridgehead atoms. The van der Waals surface area contributed by atoms with Crippen LogP contribution in [0.4, 0.5) is 5.69 Å². The number of nitrogens with zero attached hydrogens (tertiary/aromatic N) is 2. The molecular formula is C52H56N2OS. The normalized spacial score (nSPS) is 12.8. The van der Waals surface area contributed by atoms with E-state index < -0.39 is 0 Å². The molecule has 0 amide bonds. The van der Waals surface area contributed by atoms with Crippen molar-refractivity contribution in [1.29, 1.82) is 0 Å². The Hall–Kier alpha value is -5.06. The van der Waals surface area contributed by atoms with Crippen molar-refractivity contribution < 1.29 is 5.11 Å². The van der Waals surface area contributed by atoms with Crippen molar-refractivity contribution >= 4 is 44.2 Å². The Bertz CT molecular complexity index is 2590. The maximum absolute atomic E-state index is 11.6. The zero-order valence-electron chi connectivity index (χ0n) is 35.0. The second-order valence-corrected chi connectivity index (χ2v) is 19.9. The molecule has 7 aromatic rings. The number of thiazole rings is 1. The van der Waals surface area contributed by atoms with Crippen LogP contribution in [0.15, 0.2) is 114 Å². The SMILES string of the molecule is CC(C)Cc1cccc(-c2ccc(-c3cc(C(C)(C)C)cc4sc(-c5ccc6ccccc6c5N=Cc5cc(C(C)(C)C)cc(C(C)(C)C)c5O)nc34)cc2)c1. The first kappa shape index (κ1) is 39.2. The van der Waals surface area contributed by atoms with Crippen LogP contribution in [0.5, 0.6) is 5.75 Å². The maximum atomic E-state index is 11.6. The number of aliphatic imine (C=N–C) groups is 1. The fourth-order valence-electron chi connectivity index (χ4n) is 7.45. The van der Waals surface area contributed by atoms with E-state index in [4.69, 9.17) is 9.98 Å². The number of hydrogen-bond donors (Lipinski definition) is 1. The Kier molecular flexibility index (Phi) is 10.3. The summed E-state index contributed by atoms with van der Waals surface area (Å²) in [4.78, 5) is 10.7. The van der Waals surface area contributed by atoms with E-state index in [9.17, 15) is 5.11 Å². The number of aromatic nitrogens is 1. The Morgan fingerprint density at radius 1 is 0.661 bits per heavy atom. The first-order valence-corrected chi connectivity index (χ1v) is 20.8. The number of fused-ring (bicyclic) bond motifs is 2. The van der Waals surface area contributed by atoms with Gasteiger partial charge in [-0.3, -0.25) is 4.99 Å². The Balaban J connectivity index is 1.37. The molecule has 6 aromatic carbocycles. The van der Waals surface area contributed by atoms with Gasteiger partial charge in [0.2, 0.25) is 0 Å². The molecule has 0 atom stereocenters. The molecule has 56 heavy (non-hydrogen) atoms. The number of aromatic hydroxyl groups is 1. The highest BCUT2D eigenvalue weighted by molar-refractivity contribution is 7.21. The van der Waals surface area contributed by atoms with E-state index in [1.165, 1.54) is 27.8 Å². The van der Waals surface area contributed by atoms with Crippen LogP contribution in [0.3, 0.4) is 0 Å². The van der Waals surface area contributed by atoms with E-state index in [-0.39, 0.29) is 22.0 Å². The lowest BCUT2D eigenvalue weighted by atomic mass is 9.79. The summed E-state index contributed by atoms with van der Waals surface area (Å²) < 4.78 is 1.15. The van der Waals surface area contributed by atoms with Crippen LogP contribution >= 0.6 is 11.3 Å². The van der Waals surface area contributed by atoms with E-state index in [0.29, 0.717) is 5.92 Å². The quantitative estimate of drug-likeness (QED) is 0.165. The predicted octanol–water partition coefficient (Wildman–Crippen LogP) is 15.0. The van der Waals surface area contributed by atoms with Crippen LogP contribution in [0.2, 0.25) is 0 Å². The summed E-state index contributed by atoms with van der Waals surface area (Å²) >= 11 is 1.72. The number of phenols is 1. The molecule has 1 aromatic heterocycles. The molecule has 0 radical (unpaired) electrons. The van der Waals surface area contributed by atoms with Crippen LogP contribution in [-0.4, -0.2) is 16.3 Å². The predicted molar refractivity (Wildman–Crippen MR) is 243 cm³/mol. The summed E-state index contributed by atoms with van der Waals surface area (Å²) in [5, 5.41) is 14.7. The first-order valence-electron chi connectivity index (χ1n) is 20.0. The van der Waals surface area contributed by atoms with Gasteiger partial charge in [0.05, 0.1) is 15.9 Å². The topological polar surface area (TPSA) is 45.5 Å². The van der Waals surface area contributed by atoms with Gasteiger partial charge in [-0.25, -0.2) is 4.98 Å². The van der Waals surface area contributed by atoms with E-state index in [0.717, 1.165) is 65.9 Å². The molecule has 1 heterocycles. The zero-order chi connectivity index (χ0) is 40.2. The molecule has 0 fully saturated rings. The molecule has 0 aliphatic rings. The minimum atomic E-state index is -0.234. The fraction of sp³-hybridized carbons (Fsp3) is 0.308. The van der Waals surface area contributed by atoms with Gasteiger partial charge in [0.15, 0.2) is 0 Å². The first-order chi connectivity index (χ1) is 26.4. The van der Waals surface area contributed by atoms with Gasteiger partial charge in [-0.1, -0.05) is 161 Å². The molecule has 0 aliphatic carbocycles. The molecule has 0 saturated carbocycles. The molecule has 4 heteroatoms. The van der Waals surface area contributed by atoms with E-state index in [1.807, 2.05) is 6.21 Å². The highest BCUT2D eigenvalue weighted by Gasteiger charge is 2.25. The van der Waals surface area contributed by atoms with Gasteiger partial charge in [0, 0.05) is 33.9 Å². The average molecular weight is 757 g/mol. The molecule has 3 nitrogen and oxygen atoms in total. The minimum absolute atomic E-state index is 0.0439. The summed E-state index contributed by atoms with van der Waals surface area (Å²) in [5.74, 6) is 0.899. The van der Waals surface area contributed by atoms with Crippen molar-refractivity contribution in [3.63, 3.8) is 0 Å². The number of rotatable bonds is 7. The highest BCUT2D eigenvalue weighted by Crippen LogP contribution is 2.45. The lowest BCUT2D eigenvalue weighted by molar-refractivity contribution is 0.444. The van der Waals surface area contributed by atoms with Gasteiger partial charge in [0.25, 0.3) is 0 Å². The second-order valence-electron chi connectivity index (χ2n) is 18.9. The van der Waals surface area contributed by atoms with Crippen LogP contribution in [0, 0.1) is 5.92 Å². The van der Waals surface area contributed by atoms with Crippen LogP contribution in [-0.2, 0) is 22.7 Å². The molecule has 1 N–H and O–H groups in total. The molecule has 7 rings (SSSR count). The van der Waals surface area contributed by atoms with Crippen LogP contribution in [0.1, 0.15) is 104 Å². The number of benzene rings is 6. The van der Waals surface area contributed by atoms with Gasteiger partial charge < -0.3 is 5.11 Å². The smallest absolute Gasteiger partial charge is 0.128 e. The molecular weight excluding hydrogens is 701 g/mol. The van der Waals surface area contributed by atoms with E-state index >= 15 is 0 Å². The van der Waals surface area contributed by atoms with Crippen molar-refractivity contribution in [2.45, 2.75) is 98.8 Å². The van der Waals surface area contributed by atoms with E-state index in [2.05, 4.69) is 185 Å². The summed E-state index contributed by atoms with van der Waals surface area (Å²) in [6.07, 6.45) is 2.92. The van der Waals surface area contributed by atoms with Crippen LogP contribution < -0.4 is 0 Å². The minimum Gasteiger partial charge on any atom is -0.507 e. The van der Waals surface area contributed by atoms with E-state index in [1.54, 1.807) is 11.3 Å². The summed E-state index contributed by atoms with van der Waals surface area (Å²) in [5.41, 5.74) is 12.7. The third-order valence-electron chi connectivity index (χ3n) is 10.7. The molecule has 0 unspecified atom stereocenters. The maximum Gasteiger partial charge on any atom is 0.128 e. The summed E-state index contributed by atoms with van der Waals surface area (Å²) in [7, 11) is 0. The highest BCUT2D eigenvalue weighted by atomic mass is 32.1. The van der Waals surface area contributed by atoms with Gasteiger partial charge in [-0.15, -0.1) is 11.3 Å². The number of phenolic OH excluding ortho intramolecular Hbond substituents is 1. The second kappa shape index (κ2) is 14.8. The Labute approximate surface area is 338 Å². The fourth-order valence-corrected chi connectivity index (χ4v) is 8.51. The van der Waals surface area contributed by atoms with Gasteiger partial charge >= 0.3 is 0 Å². The van der Waals surface area contributed by atoms with Gasteiger partial charge in [-0.05, 0) is 91.6 Å². The van der Waals surface area contributed by atoms with Crippen molar-refractivity contribution in [2.75, 3.05) is 0 Å². The van der Waals surface area contributed by atoms with Crippen molar-refractivity contribution in [1.82, 2.24) is 4.98 Å². The Morgan fingerprint density at radius 3 is 2.02 bits per heavy atom. The third-order valence-corrected chi connectivity index (χ3v) is 11.8. The average Bonchev–Trinajstić information content (AvgIpc) is 3.57. The molecule has 286 valence electrons. The van der Waals surface area contributed by atoms with Crippen molar-refractivity contribution in [3.8, 4) is 38.6 Å². The van der Waals surface area contributed by atoms with Crippen molar-refractivity contribution in [3.05, 3.63) is 137 Å². The zero-order valence-corrected chi connectivity index (χ0v) is 35.8. The largest absolute Gasteiger partial charge is 0.507 e. The third kappa shape index (κ3) is 8.09. The monoisotopic (exact) mass is 756 g/mol. The number of hydrogen-bond acceptors (Lipinski definition) is 4.